The molecule has 1 atom stereocenters. The molecule has 2 aromatic heterocycles. The van der Waals surface area contributed by atoms with Gasteiger partial charge in [0.1, 0.15) is 0 Å². The lowest BCUT2D eigenvalue weighted by Gasteiger charge is -2.05. The number of nitrogens with two attached hydrogens (primary N) is 1. The first-order valence-electron chi connectivity index (χ1n) is 3.81. The minimum atomic E-state index is 0.0382. The molecule has 2 aromatic rings. The monoisotopic (exact) mass is 273 g/mol. The van der Waals surface area contributed by atoms with Crippen LogP contribution >= 0.6 is 38.6 Å². The Hall–Kier alpha value is -0.160. The fourth-order valence-corrected chi connectivity index (χ4v) is 3.37. The van der Waals surface area contributed by atoms with Gasteiger partial charge in [-0.15, -0.1) is 22.7 Å². The normalized spacial score (nSPS) is 13.1. The largest absolute Gasteiger partial charge is 0.319 e. The molecule has 0 fully saturated rings. The lowest BCUT2D eigenvalue weighted by Crippen LogP contribution is -2.07. The van der Waals surface area contributed by atoms with E-state index in [1.54, 1.807) is 22.7 Å². The average Bonchev–Trinajstić information content (AvgIpc) is 2.72. The first-order valence-corrected chi connectivity index (χ1v) is 6.30. The third-order valence-corrected chi connectivity index (χ3v) is 4.41. The van der Waals surface area contributed by atoms with E-state index < -0.39 is 0 Å². The zero-order chi connectivity index (χ0) is 9.26. The Morgan fingerprint density at radius 3 is 2.62 bits per heavy atom. The van der Waals surface area contributed by atoms with Crippen LogP contribution in [0.25, 0.3) is 0 Å². The van der Waals surface area contributed by atoms with Gasteiger partial charge in [0.15, 0.2) is 0 Å². The highest BCUT2D eigenvalue weighted by Crippen LogP contribution is 2.31. The number of halogens is 1. The maximum Gasteiger partial charge on any atom is 0.0740 e. The molecular weight excluding hydrogens is 266 g/mol. The number of hydrogen-bond donors (Lipinski definition) is 1. The molecule has 0 amide bonds. The van der Waals surface area contributed by atoms with E-state index >= 15 is 0 Å². The lowest BCUT2D eigenvalue weighted by molar-refractivity contribution is 0.917. The Balaban J connectivity index is 2.28. The highest BCUT2D eigenvalue weighted by Gasteiger charge is 2.11. The van der Waals surface area contributed by atoms with Crippen LogP contribution in [0.4, 0.5) is 0 Å². The SMILES string of the molecule is N[C@H](c1cccs1)c1ccc(Br)s1. The highest BCUT2D eigenvalue weighted by atomic mass is 79.9. The summed E-state index contributed by atoms with van der Waals surface area (Å²) in [4.78, 5) is 2.42. The molecule has 0 aliphatic rings. The summed E-state index contributed by atoms with van der Waals surface area (Å²) in [6, 6.07) is 8.24. The predicted molar refractivity (Wildman–Crippen MR) is 62.4 cm³/mol. The maximum atomic E-state index is 6.07. The molecule has 0 bridgehead atoms. The van der Waals surface area contributed by atoms with Crippen LogP contribution < -0.4 is 5.73 Å². The summed E-state index contributed by atoms with van der Waals surface area (Å²) in [5, 5.41) is 2.05. The van der Waals surface area contributed by atoms with Gasteiger partial charge in [0.2, 0.25) is 0 Å². The fraction of sp³-hybridized carbons (Fsp3) is 0.111. The molecule has 68 valence electrons. The van der Waals surface area contributed by atoms with Crippen LogP contribution in [0, 0.1) is 0 Å². The smallest absolute Gasteiger partial charge is 0.0740 e. The van der Waals surface area contributed by atoms with Gasteiger partial charge in [-0.05, 0) is 39.5 Å². The van der Waals surface area contributed by atoms with Crippen LogP contribution in [-0.4, -0.2) is 0 Å². The van der Waals surface area contributed by atoms with Gasteiger partial charge in [-0.2, -0.15) is 0 Å². The van der Waals surface area contributed by atoms with E-state index in [4.69, 9.17) is 5.73 Å². The molecule has 0 aliphatic carbocycles. The molecule has 4 heteroatoms. The van der Waals surface area contributed by atoms with Crippen LogP contribution in [-0.2, 0) is 0 Å². The van der Waals surface area contributed by atoms with Crippen molar-refractivity contribution >= 4 is 38.6 Å². The minimum absolute atomic E-state index is 0.0382. The van der Waals surface area contributed by atoms with Gasteiger partial charge in [-0.3, -0.25) is 0 Å². The van der Waals surface area contributed by atoms with Crippen LogP contribution in [0.2, 0.25) is 0 Å². The van der Waals surface area contributed by atoms with Gasteiger partial charge in [0.05, 0.1) is 9.83 Å². The standard InChI is InChI=1S/C9H8BrNS2/c10-8-4-3-7(13-8)9(11)6-2-1-5-12-6/h1-5,9H,11H2/t9-/m1/s1. The summed E-state index contributed by atoms with van der Waals surface area (Å²) < 4.78 is 1.13. The topological polar surface area (TPSA) is 26.0 Å². The molecule has 13 heavy (non-hydrogen) atoms. The molecule has 2 N–H and O–H groups in total. The van der Waals surface area contributed by atoms with Gasteiger partial charge in [0.25, 0.3) is 0 Å². The van der Waals surface area contributed by atoms with Crippen molar-refractivity contribution in [3.8, 4) is 0 Å². The van der Waals surface area contributed by atoms with E-state index in [1.165, 1.54) is 9.75 Å². The van der Waals surface area contributed by atoms with Gasteiger partial charge in [-0.1, -0.05) is 6.07 Å². The molecule has 0 saturated carbocycles. The third kappa shape index (κ3) is 2.02. The molecule has 0 aromatic carbocycles. The van der Waals surface area contributed by atoms with Crippen molar-refractivity contribution in [3.05, 3.63) is 43.2 Å². The van der Waals surface area contributed by atoms with E-state index in [0.717, 1.165) is 3.79 Å². The predicted octanol–water partition coefficient (Wildman–Crippen LogP) is 3.62. The summed E-state index contributed by atoms with van der Waals surface area (Å²) in [6.45, 7) is 0. The zero-order valence-electron chi connectivity index (χ0n) is 6.74. The molecule has 0 unspecified atom stereocenters. The quantitative estimate of drug-likeness (QED) is 0.889. The van der Waals surface area contributed by atoms with Crippen molar-refractivity contribution in [1.29, 1.82) is 0 Å². The third-order valence-electron chi connectivity index (χ3n) is 1.75. The second-order valence-electron chi connectivity index (χ2n) is 2.63. The van der Waals surface area contributed by atoms with E-state index in [-0.39, 0.29) is 6.04 Å². The summed E-state index contributed by atoms with van der Waals surface area (Å²) in [6.07, 6.45) is 0. The molecule has 2 rings (SSSR count). The summed E-state index contributed by atoms with van der Waals surface area (Å²) in [5.74, 6) is 0. The van der Waals surface area contributed by atoms with Crippen molar-refractivity contribution in [1.82, 2.24) is 0 Å². The van der Waals surface area contributed by atoms with Crippen molar-refractivity contribution < 1.29 is 0 Å². The average molecular weight is 274 g/mol. The Bertz CT molecular complexity index is 380. The first-order chi connectivity index (χ1) is 6.27. The number of hydrogen-bond acceptors (Lipinski definition) is 3. The second kappa shape index (κ2) is 3.92. The van der Waals surface area contributed by atoms with Crippen molar-refractivity contribution in [2.75, 3.05) is 0 Å². The molecule has 0 saturated heterocycles. The Labute approximate surface area is 93.3 Å². The van der Waals surface area contributed by atoms with Crippen molar-refractivity contribution in [2.24, 2.45) is 5.73 Å². The highest BCUT2D eigenvalue weighted by molar-refractivity contribution is 9.11. The van der Waals surface area contributed by atoms with Crippen LogP contribution in [0.5, 0.6) is 0 Å². The van der Waals surface area contributed by atoms with E-state index in [1.807, 2.05) is 12.1 Å². The zero-order valence-corrected chi connectivity index (χ0v) is 9.95. The summed E-state index contributed by atoms with van der Waals surface area (Å²) in [5.41, 5.74) is 6.07. The van der Waals surface area contributed by atoms with Crippen LogP contribution in [0.15, 0.2) is 33.4 Å². The Morgan fingerprint density at radius 2 is 2.08 bits per heavy atom. The Morgan fingerprint density at radius 1 is 1.23 bits per heavy atom. The first kappa shape index (κ1) is 9.40. The minimum Gasteiger partial charge on any atom is -0.319 e. The molecule has 0 radical (unpaired) electrons. The molecule has 1 nitrogen and oxygen atoms in total. The van der Waals surface area contributed by atoms with E-state index in [2.05, 4.69) is 33.4 Å². The van der Waals surface area contributed by atoms with Gasteiger partial charge in [-0.25, -0.2) is 0 Å². The number of thiophene rings is 2. The van der Waals surface area contributed by atoms with Gasteiger partial charge >= 0.3 is 0 Å². The van der Waals surface area contributed by atoms with E-state index in [9.17, 15) is 0 Å². The Kier molecular flexibility index (Phi) is 2.83. The molecule has 2 heterocycles. The molecular formula is C9H8BrNS2. The molecule has 0 aliphatic heterocycles. The summed E-state index contributed by atoms with van der Waals surface area (Å²) in [7, 11) is 0. The van der Waals surface area contributed by atoms with Crippen molar-refractivity contribution in [3.63, 3.8) is 0 Å². The summed E-state index contributed by atoms with van der Waals surface area (Å²) >= 11 is 6.82. The number of rotatable bonds is 2. The van der Waals surface area contributed by atoms with Crippen LogP contribution in [0.3, 0.4) is 0 Å². The van der Waals surface area contributed by atoms with Crippen molar-refractivity contribution in [2.45, 2.75) is 6.04 Å². The van der Waals surface area contributed by atoms with Gasteiger partial charge in [0, 0.05) is 9.75 Å². The lowest BCUT2D eigenvalue weighted by atomic mass is 10.2. The second-order valence-corrected chi connectivity index (χ2v) is 6.11. The van der Waals surface area contributed by atoms with E-state index in [0.29, 0.717) is 0 Å². The van der Waals surface area contributed by atoms with Crippen LogP contribution in [0.1, 0.15) is 15.8 Å². The maximum absolute atomic E-state index is 6.07. The fourth-order valence-electron chi connectivity index (χ4n) is 1.10. The van der Waals surface area contributed by atoms with Gasteiger partial charge < -0.3 is 5.73 Å². The molecule has 0 spiro atoms.